The van der Waals surface area contributed by atoms with Gasteiger partial charge in [-0.2, -0.15) is 0 Å². The first-order valence-electron chi connectivity index (χ1n) is 4.45. The van der Waals surface area contributed by atoms with Crippen molar-refractivity contribution in [2.45, 2.75) is 53.6 Å². The fourth-order valence-corrected chi connectivity index (χ4v) is 1.11. The highest BCUT2D eigenvalue weighted by molar-refractivity contribution is 4.88. The van der Waals surface area contributed by atoms with Crippen LogP contribution in [0.4, 0.5) is 0 Å². The number of hydrogen-bond acceptors (Lipinski definition) is 1. The Morgan fingerprint density at radius 2 is 1.55 bits per heavy atom. The first-order valence-corrected chi connectivity index (χ1v) is 4.45. The Morgan fingerprint density at radius 3 is 1.64 bits per heavy atom. The summed E-state index contributed by atoms with van der Waals surface area (Å²) >= 11 is 0. The molecule has 68 valence electrons. The highest BCUT2D eigenvalue weighted by atomic mass is 16.3. The van der Waals surface area contributed by atoms with E-state index in [4.69, 9.17) is 0 Å². The summed E-state index contributed by atoms with van der Waals surface area (Å²) in [6, 6.07) is 0. The summed E-state index contributed by atoms with van der Waals surface area (Å²) in [5, 5.41) is 9.85. The molecule has 0 spiro atoms. The summed E-state index contributed by atoms with van der Waals surface area (Å²) < 4.78 is 0. The van der Waals surface area contributed by atoms with E-state index in [-0.39, 0.29) is 5.41 Å². The second kappa shape index (κ2) is 3.14. The molecule has 0 fully saturated rings. The van der Waals surface area contributed by atoms with Gasteiger partial charge in [-0.25, -0.2) is 0 Å². The second-order valence-electron chi connectivity index (χ2n) is 4.59. The Kier molecular flexibility index (Phi) is 3.13. The van der Waals surface area contributed by atoms with Crippen molar-refractivity contribution in [3.8, 4) is 0 Å². The Morgan fingerprint density at radius 1 is 1.18 bits per heavy atom. The van der Waals surface area contributed by atoms with Gasteiger partial charge in [-0.15, -0.1) is 0 Å². The van der Waals surface area contributed by atoms with Gasteiger partial charge in [0.25, 0.3) is 0 Å². The molecule has 1 heteroatoms. The highest BCUT2D eigenvalue weighted by Crippen LogP contribution is 2.39. The van der Waals surface area contributed by atoms with Crippen LogP contribution in [0.5, 0.6) is 0 Å². The van der Waals surface area contributed by atoms with Crippen molar-refractivity contribution >= 4 is 0 Å². The summed E-state index contributed by atoms with van der Waals surface area (Å²) in [5.74, 6) is 0.558. The van der Waals surface area contributed by atoms with Crippen LogP contribution in [-0.2, 0) is 0 Å². The lowest BCUT2D eigenvalue weighted by atomic mass is 9.68. The molecule has 0 aromatic rings. The average Bonchev–Trinajstić information content (AvgIpc) is 1.83. The van der Waals surface area contributed by atoms with Gasteiger partial charge in [0, 0.05) is 0 Å². The zero-order chi connectivity index (χ0) is 9.28. The quantitative estimate of drug-likeness (QED) is 0.669. The summed E-state index contributed by atoms with van der Waals surface area (Å²) in [4.78, 5) is 0. The molecule has 0 rings (SSSR count). The summed E-state index contributed by atoms with van der Waals surface area (Å²) in [6.07, 6.45) is 1.12. The molecule has 0 aromatic heterocycles. The largest absolute Gasteiger partial charge is 0.390 e. The first-order chi connectivity index (χ1) is 4.73. The van der Waals surface area contributed by atoms with Crippen molar-refractivity contribution in [2.75, 3.05) is 0 Å². The molecule has 0 amide bonds. The topological polar surface area (TPSA) is 20.2 Å². The lowest BCUT2D eigenvalue weighted by Crippen LogP contribution is -2.43. The molecule has 0 saturated heterocycles. The normalized spacial score (nSPS) is 16.6. The summed E-state index contributed by atoms with van der Waals surface area (Å²) in [5.41, 5.74) is -0.579. The Hall–Kier alpha value is -0.0400. The van der Waals surface area contributed by atoms with Crippen LogP contribution in [-0.4, -0.2) is 10.7 Å². The van der Waals surface area contributed by atoms with Gasteiger partial charge >= 0.3 is 0 Å². The maximum absolute atomic E-state index is 9.85. The van der Waals surface area contributed by atoms with Crippen molar-refractivity contribution in [1.82, 2.24) is 0 Å². The molecule has 0 aliphatic heterocycles. The molecule has 0 saturated carbocycles. The van der Waals surface area contributed by atoms with Gasteiger partial charge in [0.15, 0.2) is 0 Å². The molecule has 0 aliphatic carbocycles. The van der Waals surface area contributed by atoms with Crippen LogP contribution in [0.25, 0.3) is 0 Å². The van der Waals surface area contributed by atoms with E-state index < -0.39 is 5.60 Å². The molecule has 1 nitrogen and oxygen atoms in total. The molecule has 1 N–H and O–H groups in total. The van der Waals surface area contributed by atoms with E-state index in [2.05, 4.69) is 27.7 Å². The van der Waals surface area contributed by atoms with Crippen molar-refractivity contribution in [3.05, 3.63) is 0 Å². The Bertz CT molecular complexity index is 119. The number of hydrogen-bond donors (Lipinski definition) is 1. The molecule has 1 unspecified atom stereocenters. The predicted octanol–water partition coefficient (Wildman–Crippen LogP) is 2.83. The Labute approximate surface area is 70.8 Å². The van der Waals surface area contributed by atoms with E-state index in [0.717, 1.165) is 6.42 Å². The van der Waals surface area contributed by atoms with Crippen LogP contribution in [0.2, 0.25) is 0 Å². The molecule has 11 heavy (non-hydrogen) atoms. The molecule has 0 radical (unpaired) electrons. The van der Waals surface area contributed by atoms with E-state index in [1.807, 2.05) is 13.8 Å². The zero-order valence-electron chi connectivity index (χ0n) is 8.73. The van der Waals surface area contributed by atoms with Gasteiger partial charge in [0.1, 0.15) is 0 Å². The lowest BCUT2D eigenvalue weighted by molar-refractivity contribution is -0.0653. The van der Waals surface area contributed by atoms with Crippen LogP contribution in [0.1, 0.15) is 48.0 Å². The third-order valence-electron chi connectivity index (χ3n) is 3.42. The minimum absolute atomic E-state index is 0.00174. The molecular formula is C10H22O. The van der Waals surface area contributed by atoms with Gasteiger partial charge < -0.3 is 5.11 Å². The molecule has 1 atom stereocenters. The molecule has 0 heterocycles. The first kappa shape index (κ1) is 11.0. The van der Waals surface area contributed by atoms with E-state index >= 15 is 0 Å². The molecule has 0 bridgehead atoms. The average molecular weight is 158 g/mol. The standard InChI is InChI=1S/C10H22O/c1-7-8(2)9(3,4)10(5,6)11/h8,11H,7H2,1-6H3. The summed E-state index contributed by atoms with van der Waals surface area (Å²) in [6.45, 7) is 12.4. The van der Waals surface area contributed by atoms with Gasteiger partial charge in [-0.05, 0) is 25.2 Å². The molecule has 0 aliphatic rings. The van der Waals surface area contributed by atoms with Crippen molar-refractivity contribution < 1.29 is 5.11 Å². The maximum atomic E-state index is 9.85. The van der Waals surface area contributed by atoms with Crippen molar-refractivity contribution in [1.29, 1.82) is 0 Å². The Balaban J connectivity index is 4.45. The zero-order valence-corrected chi connectivity index (χ0v) is 8.73. The van der Waals surface area contributed by atoms with E-state index in [9.17, 15) is 5.11 Å². The SMILES string of the molecule is CCC(C)C(C)(C)C(C)(C)O. The van der Waals surface area contributed by atoms with Crippen LogP contribution >= 0.6 is 0 Å². The monoisotopic (exact) mass is 158 g/mol. The van der Waals surface area contributed by atoms with Crippen LogP contribution in [0.3, 0.4) is 0 Å². The van der Waals surface area contributed by atoms with E-state index in [0.29, 0.717) is 5.92 Å². The van der Waals surface area contributed by atoms with E-state index in [1.165, 1.54) is 0 Å². The van der Waals surface area contributed by atoms with E-state index in [1.54, 1.807) is 0 Å². The van der Waals surface area contributed by atoms with Gasteiger partial charge in [-0.1, -0.05) is 34.1 Å². The third kappa shape index (κ3) is 2.19. The highest BCUT2D eigenvalue weighted by Gasteiger charge is 2.38. The third-order valence-corrected chi connectivity index (χ3v) is 3.42. The van der Waals surface area contributed by atoms with Crippen molar-refractivity contribution in [2.24, 2.45) is 11.3 Å². The fourth-order valence-electron chi connectivity index (χ4n) is 1.11. The smallest absolute Gasteiger partial charge is 0.0644 e. The minimum Gasteiger partial charge on any atom is -0.390 e. The van der Waals surface area contributed by atoms with Gasteiger partial charge in [0.05, 0.1) is 5.60 Å². The summed E-state index contributed by atoms with van der Waals surface area (Å²) in [7, 11) is 0. The predicted molar refractivity (Wildman–Crippen MR) is 49.5 cm³/mol. The number of rotatable bonds is 3. The minimum atomic E-state index is -0.581. The van der Waals surface area contributed by atoms with Crippen LogP contribution < -0.4 is 0 Å². The van der Waals surface area contributed by atoms with Crippen LogP contribution in [0.15, 0.2) is 0 Å². The second-order valence-corrected chi connectivity index (χ2v) is 4.59. The molecule has 0 aromatic carbocycles. The number of aliphatic hydroxyl groups is 1. The molecular weight excluding hydrogens is 136 g/mol. The van der Waals surface area contributed by atoms with Gasteiger partial charge in [0.2, 0.25) is 0 Å². The van der Waals surface area contributed by atoms with Crippen LogP contribution in [0, 0.1) is 11.3 Å². The lowest BCUT2D eigenvalue weighted by Gasteiger charge is -2.42. The maximum Gasteiger partial charge on any atom is 0.0644 e. The van der Waals surface area contributed by atoms with Gasteiger partial charge in [-0.3, -0.25) is 0 Å². The fraction of sp³-hybridized carbons (Fsp3) is 1.00. The van der Waals surface area contributed by atoms with Crippen molar-refractivity contribution in [3.63, 3.8) is 0 Å².